The molecule has 0 N–H and O–H groups in total. The van der Waals surface area contributed by atoms with Crippen LogP contribution in [0, 0.1) is 27.9 Å². The van der Waals surface area contributed by atoms with Crippen LogP contribution in [0.2, 0.25) is 0 Å². The fourth-order valence-corrected chi connectivity index (χ4v) is 2.92. The van der Waals surface area contributed by atoms with Crippen LogP contribution in [0.25, 0.3) is 0 Å². The monoisotopic (exact) mass is 227 g/mol. The number of nitrogens with zero attached hydrogens (tertiary/aromatic N) is 1. The van der Waals surface area contributed by atoms with Crippen LogP contribution in [-0.2, 0) is 4.79 Å². The zero-order valence-corrected chi connectivity index (χ0v) is 10.3. The molecule has 0 heterocycles. The molecule has 0 saturated heterocycles. The molecule has 1 saturated carbocycles. The minimum absolute atomic E-state index is 0.0888. The fourth-order valence-electron chi connectivity index (χ4n) is 2.92. The molecule has 3 atom stereocenters. The molecule has 1 rings (SSSR count). The van der Waals surface area contributed by atoms with E-state index in [1.807, 2.05) is 13.8 Å². The van der Waals surface area contributed by atoms with E-state index in [0.29, 0.717) is 6.42 Å². The van der Waals surface area contributed by atoms with E-state index >= 15 is 0 Å². The Hall–Kier alpha value is -0.930. The lowest BCUT2D eigenvalue weighted by atomic mass is 9.71. The summed E-state index contributed by atoms with van der Waals surface area (Å²) in [6.45, 7) is 5.59. The maximum atomic E-state index is 11.8. The average molecular weight is 227 g/mol. The number of rotatable bonds is 4. The van der Waals surface area contributed by atoms with Gasteiger partial charge in [-0.2, -0.15) is 0 Å². The third kappa shape index (κ3) is 2.80. The van der Waals surface area contributed by atoms with Gasteiger partial charge in [0.2, 0.25) is 6.04 Å². The maximum absolute atomic E-state index is 11.8. The van der Waals surface area contributed by atoms with Crippen LogP contribution in [0.5, 0.6) is 0 Å². The van der Waals surface area contributed by atoms with Gasteiger partial charge >= 0.3 is 0 Å². The Morgan fingerprint density at radius 1 is 1.31 bits per heavy atom. The van der Waals surface area contributed by atoms with Gasteiger partial charge in [0, 0.05) is 30.1 Å². The molecule has 0 radical (unpaired) electrons. The van der Waals surface area contributed by atoms with E-state index in [0.717, 1.165) is 19.3 Å². The van der Waals surface area contributed by atoms with Crippen molar-refractivity contribution >= 4 is 5.78 Å². The van der Waals surface area contributed by atoms with Crippen molar-refractivity contribution in [2.75, 3.05) is 0 Å². The molecule has 4 nitrogen and oxygen atoms in total. The Morgan fingerprint density at radius 2 is 1.94 bits per heavy atom. The highest BCUT2D eigenvalue weighted by Crippen LogP contribution is 2.34. The summed E-state index contributed by atoms with van der Waals surface area (Å²) >= 11 is 0. The van der Waals surface area contributed by atoms with Crippen molar-refractivity contribution in [1.82, 2.24) is 0 Å². The van der Waals surface area contributed by atoms with Crippen molar-refractivity contribution in [3.63, 3.8) is 0 Å². The summed E-state index contributed by atoms with van der Waals surface area (Å²) in [5.41, 5.74) is 0. The molecule has 0 amide bonds. The van der Waals surface area contributed by atoms with E-state index in [2.05, 4.69) is 0 Å². The first-order valence-electron chi connectivity index (χ1n) is 6.11. The molecular formula is C12H21NO3. The molecule has 1 fully saturated rings. The number of nitro groups is 1. The Bertz CT molecular complexity index is 275. The van der Waals surface area contributed by atoms with Crippen molar-refractivity contribution in [1.29, 1.82) is 0 Å². The van der Waals surface area contributed by atoms with Crippen LogP contribution in [-0.4, -0.2) is 16.7 Å². The number of ketones is 1. The van der Waals surface area contributed by atoms with Crippen LogP contribution in [0.4, 0.5) is 0 Å². The summed E-state index contributed by atoms with van der Waals surface area (Å²) in [4.78, 5) is 22.5. The standard InChI is InChI=1S/C12H21NO3/c1-8(2)12(9(3)13(15)16)10-6-4-5-7-11(10)14/h8-10,12H,4-7H2,1-3H3/t9?,10-,12-/m1/s1. The molecule has 92 valence electrons. The normalized spacial score (nSPS) is 25.5. The second kappa shape index (κ2) is 5.41. The van der Waals surface area contributed by atoms with Crippen LogP contribution in [0.3, 0.4) is 0 Å². The lowest BCUT2D eigenvalue weighted by Crippen LogP contribution is -2.40. The first-order chi connectivity index (χ1) is 7.45. The van der Waals surface area contributed by atoms with E-state index in [1.54, 1.807) is 6.92 Å². The molecule has 0 spiro atoms. The van der Waals surface area contributed by atoms with Crippen molar-refractivity contribution < 1.29 is 9.72 Å². The second-order valence-electron chi connectivity index (χ2n) is 5.17. The predicted octanol–water partition coefficient (Wildman–Crippen LogP) is 2.68. The highest BCUT2D eigenvalue weighted by atomic mass is 16.6. The molecule has 0 aromatic heterocycles. The van der Waals surface area contributed by atoms with Gasteiger partial charge in [0.05, 0.1) is 0 Å². The Kier molecular flexibility index (Phi) is 4.44. The van der Waals surface area contributed by atoms with Gasteiger partial charge in [0.25, 0.3) is 0 Å². The minimum atomic E-state index is -0.618. The quantitative estimate of drug-likeness (QED) is 0.548. The van der Waals surface area contributed by atoms with E-state index in [9.17, 15) is 14.9 Å². The van der Waals surface area contributed by atoms with Crippen LogP contribution < -0.4 is 0 Å². The smallest absolute Gasteiger partial charge is 0.214 e. The summed E-state index contributed by atoms with van der Waals surface area (Å²) < 4.78 is 0. The van der Waals surface area contributed by atoms with Crippen molar-refractivity contribution in [3.05, 3.63) is 10.1 Å². The molecule has 1 aliphatic carbocycles. The van der Waals surface area contributed by atoms with Crippen molar-refractivity contribution in [2.45, 2.75) is 52.5 Å². The van der Waals surface area contributed by atoms with Gasteiger partial charge in [-0.05, 0) is 18.8 Å². The zero-order chi connectivity index (χ0) is 12.3. The lowest BCUT2D eigenvalue weighted by molar-refractivity contribution is -0.531. The van der Waals surface area contributed by atoms with Gasteiger partial charge in [-0.15, -0.1) is 0 Å². The third-order valence-corrected chi connectivity index (χ3v) is 3.73. The summed E-state index contributed by atoms with van der Waals surface area (Å²) in [6.07, 6.45) is 3.43. The molecule has 16 heavy (non-hydrogen) atoms. The van der Waals surface area contributed by atoms with Gasteiger partial charge in [-0.3, -0.25) is 14.9 Å². The number of carbonyl (C=O) groups excluding carboxylic acids is 1. The van der Waals surface area contributed by atoms with Crippen molar-refractivity contribution in [2.24, 2.45) is 17.8 Å². The Balaban J connectivity index is 2.83. The van der Waals surface area contributed by atoms with E-state index in [4.69, 9.17) is 0 Å². The second-order valence-corrected chi connectivity index (χ2v) is 5.17. The lowest BCUT2D eigenvalue weighted by Gasteiger charge is -2.32. The summed E-state index contributed by atoms with van der Waals surface area (Å²) in [6, 6.07) is -0.618. The summed E-state index contributed by atoms with van der Waals surface area (Å²) in [5, 5.41) is 10.9. The SMILES string of the molecule is CC(C)[C@H](C(C)[N+](=O)[O-])[C@@H]1CCCCC1=O. The molecule has 1 unspecified atom stereocenters. The highest BCUT2D eigenvalue weighted by molar-refractivity contribution is 5.82. The zero-order valence-electron chi connectivity index (χ0n) is 10.3. The summed E-state index contributed by atoms with van der Waals surface area (Å²) in [5.74, 6) is 0.225. The molecule has 4 heteroatoms. The molecule has 0 aliphatic heterocycles. The molecule has 1 aliphatic rings. The van der Waals surface area contributed by atoms with Crippen molar-refractivity contribution in [3.8, 4) is 0 Å². The molecule has 0 aromatic carbocycles. The van der Waals surface area contributed by atoms with Crippen LogP contribution >= 0.6 is 0 Å². The Morgan fingerprint density at radius 3 is 2.38 bits per heavy atom. The molecule has 0 aromatic rings. The largest absolute Gasteiger partial charge is 0.299 e. The van der Waals surface area contributed by atoms with E-state index in [-0.39, 0.29) is 28.5 Å². The van der Waals surface area contributed by atoms with Crippen LogP contribution in [0.15, 0.2) is 0 Å². The number of carbonyl (C=O) groups is 1. The van der Waals surface area contributed by atoms with Gasteiger partial charge in [0.15, 0.2) is 0 Å². The molecular weight excluding hydrogens is 206 g/mol. The summed E-state index contributed by atoms with van der Waals surface area (Å²) in [7, 11) is 0. The first-order valence-corrected chi connectivity index (χ1v) is 6.11. The topological polar surface area (TPSA) is 60.2 Å². The number of hydrogen-bond acceptors (Lipinski definition) is 3. The van der Waals surface area contributed by atoms with Gasteiger partial charge in [0.1, 0.15) is 5.78 Å². The van der Waals surface area contributed by atoms with Gasteiger partial charge in [-0.1, -0.05) is 20.3 Å². The fraction of sp³-hybridized carbons (Fsp3) is 0.917. The third-order valence-electron chi connectivity index (χ3n) is 3.73. The molecule has 0 bridgehead atoms. The maximum Gasteiger partial charge on any atom is 0.214 e. The van der Waals surface area contributed by atoms with E-state index in [1.165, 1.54) is 0 Å². The number of hydrogen-bond donors (Lipinski definition) is 0. The van der Waals surface area contributed by atoms with Gasteiger partial charge in [-0.25, -0.2) is 0 Å². The van der Waals surface area contributed by atoms with Gasteiger partial charge < -0.3 is 0 Å². The highest BCUT2D eigenvalue weighted by Gasteiger charge is 2.40. The van der Waals surface area contributed by atoms with E-state index < -0.39 is 6.04 Å². The van der Waals surface area contributed by atoms with Crippen LogP contribution in [0.1, 0.15) is 46.5 Å². The average Bonchev–Trinajstić information content (AvgIpc) is 2.20. The minimum Gasteiger partial charge on any atom is -0.299 e. The Labute approximate surface area is 96.6 Å². The number of Topliss-reactive ketones (excluding diaryl/α,β-unsaturated/α-hetero) is 1. The predicted molar refractivity (Wildman–Crippen MR) is 61.7 cm³/mol. The first kappa shape index (κ1) is 13.1.